The highest BCUT2D eigenvalue weighted by atomic mass is 32.1. The van der Waals surface area contributed by atoms with Crippen LogP contribution in [-0.4, -0.2) is 4.98 Å². The minimum atomic E-state index is -4.21. The van der Waals surface area contributed by atoms with Crippen molar-refractivity contribution in [1.29, 1.82) is 0 Å². The second kappa shape index (κ2) is 6.26. The van der Waals surface area contributed by atoms with Crippen LogP contribution in [0.3, 0.4) is 0 Å². The fraction of sp³-hybridized carbons (Fsp3) is 0.188. The number of nitrogens with zero attached hydrogens (tertiary/aromatic N) is 1. The van der Waals surface area contributed by atoms with Crippen LogP contribution in [-0.2, 0) is 6.18 Å². The summed E-state index contributed by atoms with van der Waals surface area (Å²) in [6, 6.07) is 13.2. The van der Waals surface area contributed by atoms with Crippen LogP contribution >= 0.6 is 11.3 Å². The highest BCUT2D eigenvalue weighted by molar-refractivity contribution is 7.18. The van der Waals surface area contributed by atoms with E-state index in [0.717, 1.165) is 28.2 Å². The Morgan fingerprint density at radius 2 is 1.52 bits per heavy atom. The summed E-state index contributed by atoms with van der Waals surface area (Å²) in [5, 5.41) is 1.14. The molecule has 0 aliphatic rings. The lowest BCUT2D eigenvalue weighted by Crippen LogP contribution is -2.03. The molecule has 1 heterocycles. The van der Waals surface area contributed by atoms with Crippen LogP contribution in [0.1, 0.15) is 16.1 Å². The molecule has 5 heteroatoms. The maximum absolute atomic E-state index is 11.9. The molecule has 0 unspecified atom stereocenters. The van der Waals surface area contributed by atoms with Gasteiger partial charge in [0.25, 0.3) is 0 Å². The Bertz CT molecular complexity index is 681. The van der Waals surface area contributed by atoms with Gasteiger partial charge in [-0.05, 0) is 38.1 Å². The van der Waals surface area contributed by atoms with Gasteiger partial charge in [0.15, 0.2) is 0 Å². The number of aromatic nitrogens is 1. The minimum absolute atomic E-state index is 0.594. The fourth-order valence-electron chi connectivity index (χ4n) is 1.73. The molecule has 1 nitrogen and oxygen atoms in total. The van der Waals surface area contributed by atoms with Gasteiger partial charge in [-0.25, -0.2) is 4.98 Å². The van der Waals surface area contributed by atoms with E-state index in [1.165, 1.54) is 16.8 Å². The number of rotatable bonds is 0. The number of benzene rings is 2. The summed E-state index contributed by atoms with van der Waals surface area (Å²) in [7, 11) is 0. The second-order valence-electron chi connectivity index (χ2n) is 4.56. The van der Waals surface area contributed by atoms with E-state index < -0.39 is 11.7 Å². The van der Waals surface area contributed by atoms with Crippen molar-refractivity contribution in [2.75, 3.05) is 0 Å². The van der Waals surface area contributed by atoms with E-state index in [0.29, 0.717) is 0 Å². The summed E-state index contributed by atoms with van der Waals surface area (Å²) < 4.78 is 37.0. The zero-order valence-corrected chi connectivity index (χ0v) is 12.4. The van der Waals surface area contributed by atoms with Crippen molar-refractivity contribution in [3.8, 4) is 0 Å². The standard InChI is InChI=1S/C8H7F3.C8H7NS/c1-6-2-4-7(5-3-6)8(9,10)11;1-6-9-7-4-2-3-5-8(7)10-6/h2-5H,1H3;2-5H,1H3. The molecule has 0 atom stereocenters. The van der Waals surface area contributed by atoms with Crippen LogP contribution in [0.2, 0.25) is 0 Å². The Morgan fingerprint density at radius 3 is 2.10 bits per heavy atom. The smallest absolute Gasteiger partial charge is 0.242 e. The van der Waals surface area contributed by atoms with Gasteiger partial charge >= 0.3 is 6.18 Å². The molecule has 0 N–H and O–H groups in total. The van der Waals surface area contributed by atoms with E-state index in [1.54, 1.807) is 18.3 Å². The molecule has 3 rings (SSSR count). The maximum Gasteiger partial charge on any atom is 0.416 e. The van der Waals surface area contributed by atoms with E-state index in [9.17, 15) is 13.2 Å². The number of thiazole rings is 1. The van der Waals surface area contributed by atoms with Crippen LogP contribution < -0.4 is 0 Å². The summed E-state index contributed by atoms with van der Waals surface area (Å²) >= 11 is 1.74. The highest BCUT2D eigenvalue weighted by Gasteiger charge is 2.29. The van der Waals surface area contributed by atoms with Gasteiger partial charge in [0.05, 0.1) is 20.8 Å². The SMILES string of the molecule is Cc1ccc(C(F)(F)F)cc1.Cc1nc2ccccc2s1. The Balaban J connectivity index is 0.000000154. The monoisotopic (exact) mass is 309 g/mol. The molecule has 0 fully saturated rings. The van der Waals surface area contributed by atoms with Crippen molar-refractivity contribution < 1.29 is 13.2 Å². The Morgan fingerprint density at radius 1 is 0.905 bits per heavy atom. The van der Waals surface area contributed by atoms with Crippen molar-refractivity contribution in [2.24, 2.45) is 0 Å². The molecule has 110 valence electrons. The third-order valence-electron chi connectivity index (χ3n) is 2.78. The van der Waals surface area contributed by atoms with Crippen LogP contribution in [0.4, 0.5) is 13.2 Å². The van der Waals surface area contributed by atoms with E-state index in [-0.39, 0.29) is 0 Å². The lowest BCUT2D eigenvalue weighted by atomic mass is 10.1. The normalized spacial score (nSPS) is 11.1. The minimum Gasteiger partial charge on any atom is -0.242 e. The highest BCUT2D eigenvalue weighted by Crippen LogP contribution is 2.28. The number of hydrogen-bond acceptors (Lipinski definition) is 2. The molecule has 0 saturated heterocycles. The molecule has 0 aliphatic carbocycles. The third-order valence-corrected chi connectivity index (χ3v) is 3.73. The molecule has 3 aromatic rings. The van der Waals surface area contributed by atoms with E-state index in [4.69, 9.17) is 0 Å². The Kier molecular flexibility index (Phi) is 4.63. The van der Waals surface area contributed by atoms with Gasteiger partial charge < -0.3 is 0 Å². The first-order valence-electron chi connectivity index (χ1n) is 6.32. The molecule has 0 amide bonds. The lowest BCUT2D eigenvalue weighted by molar-refractivity contribution is -0.137. The summed E-state index contributed by atoms with van der Waals surface area (Å²) in [6.45, 7) is 3.78. The number of alkyl halides is 3. The van der Waals surface area contributed by atoms with Gasteiger partial charge in [0.1, 0.15) is 0 Å². The average Bonchev–Trinajstić information content (AvgIpc) is 2.79. The van der Waals surface area contributed by atoms with Gasteiger partial charge in [-0.15, -0.1) is 11.3 Å². The molecule has 0 spiro atoms. The van der Waals surface area contributed by atoms with Crippen LogP contribution in [0, 0.1) is 13.8 Å². The molecule has 0 bridgehead atoms. The quantitative estimate of drug-likeness (QED) is 0.525. The van der Waals surface area contributed by atoms with E-state index >= 15 is 0 Å². The summed E-state index contributed by atoms with van der Waals surface area (Å²) in [6.07, 6.45) is -4.21. The first-order chi connectivity index (χ1) is 9.86. The number of halogens is 3. The molecule has 0 aliphatic heterocycles. The summed E-state index contributed by atoms with van der Waals surface area (Å²) in [5.74, 6) is 0. The molecular weight excluding hydrogens is 295 g/mol. The maximum atomic E-state index is 11.9. The first kappa shape index (κ1) is 15.5. The molecule has 1 aromatic heterocycles. The average molecular weight is 309 g/mol. The second-order valence-corrected chi connectivity index (χ2v) is 5.80. The topological polar surface area (TPSA) is 12.9 Å². The van der Waals surface area contributed by atoms with E-state index in [2.05, 4.69) is 11.1 Å². The van der Waals surface area contributed by atoms with Gasteiger partial charge in [-0.1, -0.05) is 29.8 Å². The largest absolute Gasteiger partial charge is 0.416 e. The molecule has 0 saturated carbocycles. The summed E-state index contributed by atoms with van der Waals surface area (Å²) in [5.41, 5.74) is 1.35. The molecule has 0 radical (unpaired) electrons. The number of fused-ring (bicyclic) bond motifs is 1. The van der Waals surface area contributed by atoms with Gasteiger partial charge in [0.2, 0.25) is 0 Å². The lowest BCUT2D eigenvalue weighted by Gasteiger charge is -2.05. The molecule has 2 aromatic carbocycles. The zero-order chi connectivity index (χ0) is 15.5. The van der Waals surface area contributed by atoms with Gasteiger partial charge in [0, 0.05) is 0 Å². The van der Waals surface area contributed by atoms with Crippen LogP contribution in [0.25, 0.3) is 10.2 Å². The van der Waals surface area contributed by atoms with Crippen molar-refractivity contribution in [3.05, 3.63) is 64.7 Å². The third kappa shape index (κ3) is 4.29. The Hall–Kier alpha value is -1.88. The van der Waals surface area contributed by atoms with Gasteiger partial charge in [-0.3, -0.25) is 0 Å². The predicted molar refractivity (Wildman–Crippen MR) is 80.5 cm³/mol. The van der Waals surface area contributed by atoms with Crippen LogP contribution in [0.5, 0.6) is 0 Å². The summed E-state index contributed by atoms with van der Waals surface area (Å²) in [4.78, 5) is 4.33. The van der Waals surface area contributed by atoms with Crippen molar-refractivity contribution in [3.63, 3.8) is 0 Å². The Labute approximate surface area is 125 Å². The number of hydrogen-bond donors (Lipinski definition) is 0. The van der Waals surface area contributed by atoms with Crippen LogP contribution in [0.15, 0.2) is 48.5 Å². The molecule has 21 heavy (non-hydrogen) atoms. The number of aryl methyl sites for hydroxylation is 2. The van der Waals surface area contributed by atoms with E-state index in [1.807, 2.05) is 25.1 Å². The van der Waals surface area contributed by atoms with Crippen molar-refractivity contribution in [1.82, 2.24) is 4.98 Å². The predicted octanol–water partition coefficient (Wildman–Crippen LogP) is 5.62. The first-order valence-corrected chi connectivity index (χ1v) is 7.14. The fourth-order valence-corrected chi connectivity index (χ4v) is 2.56. The molecular formula is C16H14F3NS. The van der Waals surface area contributed by atoms with Crippen molar-refractivity contribution >= 4 is 21.6 Å². The zero-order valence-electron chi connectivity index (χ0n) is 11.6. The van der Waals surface area contributed by atoms with Crippen molar-refractivity contribution in [2.45, 2.75) is 20.0 Å². The number of para-hydroxylation sites is 1. The van der Waals surface area contributed by atoms with Gasteiger partial charge in [-0.2, -0.15) is 13.2 Å².